The molecule has 2 aromatic rings. The standard InChI is InChI=1S/C19H25N3O3/c1-14-7-5-8-16(13-14)24-12-4-3-10-18(23)22-11-6-9-17(22)19-20-15(2)25-21-19/h5,7-8,13,17H,3-4,6,9-12H2,1-2H3/t17-/m1/s1. The van der Waals surface area contributed by atoms with Gasteiger partial charge in [0.2, 0.25) is 11.8 Å². The lowest BCUT2D eigenvalue weighted by Gasteiger charge is -2.22. The van der Waals surface area contributed by atoms with Crippen molar-refractivity contribution in [2.45, 2.75) is 52.0 Å². The van der Waals surface area contributed by atoms with E-state index in [1.807, 2.05) is 36.1 Å². The van der Waals surface area contributed by atoms with Crippen molar-refractivity contribution in [2.24, 2.45) is 0 Å². The first kappa shape index (κ1) is 17.5. The number of aryl methyl sites for hydroxylation is 2. The van der Waals surface area contributed by atoms with Crippen molar-refractivity contribution in [2.75, 3.05) is 13.2 Å². The molecule has 0 unspecified atom stereocenters. The second-order valence-corrected chi connectivity index (χ2v) is 6.54. The lowest BCUT2D eigenvalue weighted by molar-refractivity contribution is -0.132. The number of hydrogen-bond acceptors (Lipinski definition) is 5. The van der Waals surface area contributed by atoms with Crippen molar-refractivity contribution in [3.63, 3.8) is 0 Å². The van der Waals surface area contributed by atoms with Crippen LogP contribution in [0, 0.1) is 13.8 Å². The van der Waals surface area contributed by atoms with Crippen molar-refractivity contribution < 1.29 is 14.1 Å². The average molecular weight is 343 g/mol. The van der Waals surface area contributed by atoms with Gasteiger partial charge in [0.15, 0.2) is 5.82 Å². The van der Waals surface area contributed by atoms with Gasteiger partial charge in [0.25, 0.3) is 0 Å². The molecular weight excluding hydrogens is 318 g/mol. The minimum Gasteiger partial charge on any atom is -0.494 e. The third-order valence-corrected chi connectivity index (χ3v) is 4.46. The lowest BCUT2D eigenvalue weighted by Crippen LogP contribution is -2.30. The van der Waals surface area contributed by atoms with Gasteiger partial charge < -0.3 is 14.2 Å². The molecule has 0 bridgehead atoms. The first-order valence-electron chi connectivity index (χ1n) is 8.92. The minimum absolute atomic E-state index is 0.0338. The molecule has 0 N–H and O–H groups in total. The van der Waals surface area contributed by atoms with Crippen LogP contribution in [0.1, 0.15) is 55.4 Å². The fraction of sp³-hybridized carbons (Fsp3) is 0.526. The first-order valence-corrected chi connectivity index (χ1v) is 8.92. The van der Waals surface area contributed by atoms with Crippen LogP contribution in [-0.4, -0.2) is 34.1 Å². The maximum absolute atomic E-state index is 12.5. The van der Waals surface area contributed by atoms with Crippen molar-refractivity contribution >= 4 is 5.91 Å². The second kappa shape index (κ2) is 8.14. The number of likely N-dealkylation sites (tertiary alicyclic amines) is 1. The fourth-order valence-corrected chi connectivity index (χ4v) is 3.20. The molecule has 25 heavy (non-hydrogen) atoms. The fourth-order valence-electron chi connectivity index (χ4n) is 3.20. The SMILES string of the molecule is Cc1cccc(OCCCCC(=O)N2CCC[C@@H]2c2noc(C)n2)c1. The van der Waals surface area contributed by atoms with Crippen LogP contribution in [-0.2, 0) is 4.79 Å². The second-order valence-electron chi connectivity index (χ2n) is 6.54. The Labute approximate surface area is 148 Å². The van der Waals surface area contributed by atoms with Crippen molar-refractivity contribution in [3.05, 3.63) is 41.5 Å². The van der Waals surface area contributed by atoms with Crippen LogP contribution in [0.3, 0.4) is 0 Å². The molecule has 1 aromatic heterocycles. The highest BCUT2D eigenvalue weighted by atomic mass is 16.5. The van der Waals surface area contributed by atoms with Crippen molar-refractivity contribution in [1.29, 1.82) is 0 Å². The predicted octanol–water partition coefficient (Wildman–Crippen LogP) is 3.60. The molecule has 3 rings (SSSR count). The van der Waals surface area contributed by atoms with E-state index >= 15 is 0 Å². The zero-order valence-electron chi connectivity index (χ0n) is 14.9. The predicted molar refractivity (Wildman–Crippen MR) is 93.2 cm³/mol. The average Bonchev–Trinajstić information content (AvgIpc) is 3.23. The molecule has 134 valence electrons. The van der Waals surface area contributed by atoms with Gasteiger partial charge in [-0.1, -0.05) is 17.3 Å². The Hall–Kier alpha value is -2.37. The number of aromatic nitrogens is 2. The zero-order valence-corrected chi connectivity index (χ0v) is 14.9. The summed E-state index contributed by atoms with van der Waals surface area (Å²) < 4.78 is 10.8. The molecular formula is C19H25N3O3. The number of nitrogens with zero attached hydrogens (tertiary/aromatic N) is 3. The van der Waals surface area contributed by atoms with E-state index < -0.39 is 0 Å². The lowest BCUT2D eigenvalue weighted by atomic mass is 10.2. The van der Waals surface area contributed by atoms with Crippen LogP contribution in [0.5, 0.6) is 5.75 Å². The van der Waals surface area contributed by atoms with Crippen molar-refractivity contribution in [1.82, 2.24) is 15.0 Å². The first-order chi connectivity index (χ1) is 12.1. The maximum atomic E-state index is 12.5. The third-order valence-electron chi connectivity index (χ3n) is 4.46. The molecule has 1 fully saturated rings. The number of rotatable bonds is 7. The quantitative estimate of drug-likeness (QED) is 0.719. The summed E-state index contributed by atoms with van der Waals surface area (Å²) in [5.41, 5.74) is 1.18. The molecule has 1 aliphatic rings. The van der Waals surface area contributed by atoms with Gasteiger partial charge in [-0.05, 0) is 50.3 Å². The van der Waals surface area contributed by atoms with Gasteiger partial charge in [-0.3, -0.25) is 4.79 Å². The highest BCUT2D eigenvalue weighted by Gasteiger charge is 2.32. The third kappa shape index (κ3) is 4.59. The van der Waals surface area contributed by atoms with Gasteiger partial charge in [-0.15, -0.1) is 0 Å². The molecule has 0 saturated carbocycles. The van der Waals surface area contributed by atoms with Crippen LogP contribution in [0.15, 0.2) is 28.8 Å². The van der Waals surface area contributed by atoms with Crippen LogP contribution < -0.4 is 4.74 Å². The summed E-state index contributed by atoms with van der Waals surface area (Å²) in [5, 5.41) is 3.98. The highest BCUT2D eigenvalue weighted by molar-refractivity contribution is 5.76. The van der Waals surface area contributed by atoms with Crippen molar-refractivity contribution in [3.8, 4) is 5.75 Å². The molecule has 0 aliphatic carbocycles. The molecule has 1 aromatic carbocycles. The summed E-state index contributed by atoms with van der Waals surface area (Å²) >= 11 is 0. The Balaban J connectivity index is 1.41. The summed E-state index contributed by atoms with van der Waals surface area (Å²) in [5.74, 6) is 2.23. The number of carbonyl (C=O) groups is 1. The summed E-state index contributed by atoms with van der Waals surface area (Å²) in [4.78, 5) is 18.7. The molecule has 1 saturated heterocycles. The van der Waals surface area contributed by atoms with E-state index in [0.29, 0.717) is 24.7 Å². The van der Waals surface area contributed by atoms with Gasteiger partial charge in [0.05, 0.1) is 12.6 Å². The molecule has 6 nitrogen and oxygen atoms in total. The van der Waals surface area contributed by atoms with E-state index in [4.69, 9.17) is 9.26 Å². The highest BCUT2D eigenvalue weighted by Crippen LogP contribution is 2.30. The van der Waals surface area contributed by atoms with E-state index in [0.717, 1.165) is 38.0 Å². The van der Waals surface area contributed by atoms with Crippen LogP contribution in [0.2, 0.25) is 0 Å². The van der Waals surface area contributed by atoms with E-state index in [1.165, 1.54) is 5.56 Å². The smallest absolute Gasteiger partial charge is 0.223 e. The van der Waals surface area contributed by atoms with Gasteiger partial charge in [-0.25, -0.2) is 0 Å². The number of amides is 1. The molecule has 1 atom stereocenters. The van der Waals surface area contributed by atoms with Crippen LogP contribution in [0.25, 0.3) is 0 Å². The van der Waals surface area contributed by atoms with Crippen LogP contribution in [0.4, 0.5) is 0 Å². The number of carbonyl (C=O) groups excluding carboxylic acids is 1. The Kier molecular flexibility index (Phi) is 5.68. The topological polar surface area (TPSA) is 68.5 Å². The summed E-state index contributed by atoms with van der Waals surface area (Å²) in [6.07, 6.45) is 4.10. The number of benzene rings is 1. The van der Waals surface area contributed by atoms with Crippen LogP contribution >= 0.6 is 0 Å². The molecule has 1 aliphatic heterocycles. The number of ether oxygens (including phenoxy) is 1. The summed E-state index contributed by atoms with van der Waals surface area (Å²) in [6.45, 7) is 5.22. The summed E-state index contributed by atoms with van der Waals surface area (Å²) in [7, 11) is 0. The Bertz CT molecular complexity index is 713. The molecule has 6 heteroatoms. The maximum Gasteiger partial charge on any atom is 0.223 e. The number of unbranched alkanes of at least 4 members (excludes halogenated alkanes) is 1. The summed E-state index contributed by atoms with van der Waals surface area (Å²) in [6, 6.07) is 7.98. The molecule has 2 heterocycles. The Morgan fingerprint density at radius 1 is 1.36 bits per heavy atom. The monoisotopic (exact) mass is 343 g/mol. The Morgan fingerprint density at radius 2 is 2.24 bits per heavy atom. The normalized spacial score (nSPS) is 17.0. The van der Waals surface area contributed by atoms with E-state index in [2.05, 4.69) is 10.1 Å². The Morgan fingerprint density at radius 3 is 3.00 bits per heavy atom. The van der Waals surface area contributed by atoms with E-state index in [9.17, 15) is 4.79 Å². The van der Waals surface area contributed by atoms with Gasteiger partial charge >= 0.3 is 0 Å². The van der Waals surface area contributed by atoms with Gasteiger partial charge in [0.1, 0.15) is 5.75 Å². The molecule has 0 radical (unpaired) electrons. The number of hydrogen-bond donors (Lipinski definition) is 0. The minimum atomic E-state index is -0.0338. The van der Waals surface area contributed by atoms with E-state index in [-0.39, 0.29) is 11.9 Å². The molecule has 1 amide bonds. The van der Waals surface area contributed by atoms with Gasteiger partial charge in [0, 0.05) is 19.9 Å². The zero-order chi connectivity index (χ0) is 17.6. The largest absolute Gasteiger partial charge is 0.494 e. The van der Waals surface area contributed by atoms with E-state index in [1.54, 1.807) is 6.92 Å². The van der Waals surface area contributed by atoms with Gasteiger partial charge in [-0.2, -0.15) is 4.98 Å². The molecule has 0 spiro atoms.